The summed E-state index contributed by atoms with van der Waals surface area (Å²) in [5, 5.41) is 11.7. The van der Waals surface area contributed by atoms with Crippen molar-refractivity contribution in [2.24, 2.45) is 0 Å². The minimum atomic E-state index is 0.710. The minimum Gasteiger partial charge on any atom is -0.399 e. The molecule has 5 nitrogen and oxygen atoms in total. The zero-order valence-electron chi connectivity index (χ0n) is 7.77. The van der Waals surface area contributed by atoms with Crippen molar-refractivity contribution in [3.05, 3.63) is 30.7 Å². The van der Waals surface area contributed by atoms with E-state index in [0.717, 1.165) is 22.2 Å². The van der Waals surface area contributed by atoms with E-state index in [1.165, 1.54) is 0 Å². The number of hydrogen-bond donors (Lipinski definition) is 2. The van der Waals surface area contributed by atoms with E-state index in [1.807, 2.05) is 18.2 Å². The van der Waals surface area contributed by atoms with Crippen LogP contribution in [0.3, 0.4) is 0 Å². The van der Waals surface area contributed by atoms with Crippen LogP contribution in [0.2, 0.25) is 0 Å². The van der Waals surface area contributed by atoms with Crippen LogP contribution in [0.1, 0.15) is 0 Å². The van der Waals surface area contributed by atoms with E-state index in [-0.39, 0.29) is 0 Å². The van der Waals surface area contributed by atoms with Gasteiger partial charge in [0, 0.05) is 11.1 Å². The maximum Gasteiger partial charge on any atom is 0.133 e. The van der Waals surface area contributed by atoms with E-state index >= 15 is 0 Å². The lowest BCUT2D eigenvalue weighted by atomic mass is 10.1. The van der Waals surface area contributed by atoms with Gasteiger partial charge in [-0.1, -0.05) is 5.16 Å². The summed E-state index contributed by atoms with van der Waals surface area (Å²) in [4.78, 5) is 0. The molecule has 0 aliphatic rings. The second-order valence-electron chi connectivity index (χ2n) is 3.29. The van der Waals surface area contributed by atoms with Crippen molar-refractivity contribution in [3.63, 3.8) is 0 Å². The van der Waals surface area contributed by atoms with Gasteiger partial charge in [0.25, 0.3) is 0 Å². The van der Waals surface area contributed by atoms with Crippen LogP contribution in [0, 0.1) is 0 Å². The van der Waals surface area contributed by atoms with Gasteiger partial charge >= 0.3 is 0 Å². The number of aromatic amines is 1. The van der Waals surface area contributed by atoms with Crippen molar-refractivity contribution in [2.75, 3.05) is 5.73 Å². The molecule has 3 N–H and O–H groups in total. The lowest BCUT2D eigenvalue weighted by molar-refractivity contribution is 0.420. The number of nitrogens with zero attached hydrogens (tertiary/aromatic N) is 2. The van der Waals surface area contributed by atoms with Gasteiger partial charge in [0.2, 0.25) is 0 Å². The average Bonchev–Trinajstić information content (AvgIpc) is 2.83. The third kappa shape index (κ3) is 1.17. The highest BCUT2D eigenvalue weighted by Gasteiger charge is 2.09. The van der Waals surface area contributed by atoms with Crippen LogP contribution in [0.4, 0.5) is 5.69 Å². The summed E-state index contributed by atoms with van der Waals surface area (Å²) in [6.07, 6.45) is 3.18. The topological polar surface area (TPSA) is 80.7 Å². The molecule has 0 aliphatic carbocycles. The number of benzene rings is 1. The molecule has 74 valence electrons. The smallest absolute Gasteiger partial charge is 0.133 e. The van der Waals surface area contributed by atoms with Crippen molar-refractivity contribution < 1.29 is 4.52 Å². The second-order valence-corrected chi connectivity index (χ2v) is 3.29. The van der Waals surface area contributed by atoms with Crippen molar-refractivity contribution in [1.29, 1.82) is 0 Å². The van der Waals surface area contributed by atoms with Crippen molar-refractivity contribution in [1.82, 2.24) is 15.4 Å². The molecule has 15 heavy (non-hydrogen) atoms. The number of nitrogen functional groups attached to an aromatic ring is 1. The third-order valence-electron chi connectivity index (χ3n) is 2.29. The summed E-state index contributed by atoms with van der Waals surface area (Å²) in [7, 11) is 0. The quantitative estimate of drug-likeness (QED) is 0.587. The van der Waals surface area contributed by atoms with Crippen molar-refractivity contribution in [3.8, 4) is 11.3 Å². The molecule has 0 atom stereocenters. The number of anilines is 1. The molecular formula is C10H8N4O. The van der Waals surface area contributed by atoms with Gasteiger partial charge in [-0.2, -0.15) is 5.10 Å². The number of H-pyrrole nitrogens is 1. The summed E-state index contributed by atoms with van der Waals surface area (Å²) in [5.41, 5.74) is 9.02. The highest BCUT2D eigenvalue weighted by molar-refractivity contribution is 5.94. The van der Waals surface area contributed by atoms with Gasteiger partial charge in [-0.25, -0.2) is 0 Å². The number of rotatable bonds is 1. The van der Waals surface area contributed by atoms with E-state index in [0.29, 0.717) is 5.69 Å². The van der Waals surface area contributed by atoms with Crippen LogP contribution in [0.15, 0.2) is 35.2 Å². The molecule has 0 amide bonds. The highest BCUT2D eigenvalue weighted by Crippen LogP contribution is 2.27. The van der Waals surface area contributed by atoms with Crippen molar-refractivity contribution in [2.45, 2.75) is 0 Å². The van der Waals surface area contributed by atoms with Gasteiger partial charge in [-0.15, -0.1) is 0 Å². The second kappa shape index (κ2) is 2.84. The van der Waals surface area contributed by atoms with Crippen LogP contribution in [-0.4, -0.2) is 15.4 Å². The molecule has 3 rings (SSSR count). The standard InChI is InChI=1S/C10H8N4O/c11-7-1-2-9-8(3-7)10(14-13-9)6-4-12-15-5-6/h1-5H,11H2,(H,13,14). The molecule has 0 aliphatic heterocycles. The third-order valence-corrected chi connectivity index (χ3v) is 2.29. The first-order valence-corrected chi connectivity index (χ1v) is 4.48. The highest BCUT2D eigenvalue weighted by atomic mass is 16.5. The molecule has 0 fully saturated rings. The molecule has 0 radical (unpaired) electrons. The Morgan fingerprint density at radius 1 is 1.33 bits per heavy atom. The van der Waals surface area contributed by atoms with Crippen LogP contribution in [0.5, 0.6) is 0 Å². The molecule has 0 saturated carbocycles. The van der Waals surface area contributed by atoms with Crippen LogP contribution < -0.4 is 5.73 Å². The minimum absolute atomic E-state index is 0.710. The first-order chi connectivity index (χ1) is 7.34. The van der Waals surface area contributed by atoms with Gasteiger partial charge < -0.3 is 10.3 Å². The van der Waals surface area contributed by atoms with Gasteiger partial charge in [-0.3, -0.25) is 5.10 Å². The fraction of sp³-hybridized carbons (Fsp3) is 0. The molecule has 5 heteroatoms. The van der Waals surface area contributed by atoms with Gasteiger partial charge in [0.15, 0.2) is 0 Å². The lowest BCUT2D eigenvalue weighted by Crippen LogP contribution is -1.82. The Morgan fingerprint density at radius 3 is 3.07 bits per heavy atom. The Hall–Kier alpha value is -2.30. The Bertz CT molecular complexity index is 597. The Kier molecular flexibility index (Phi) is 1.53. The van der Waals surface area contributed by atoms with Crippen LogP contribution in [-0.2, 0) is 0 Å². The van der Waals surface area contributed by atoms with E-state index in [4.69, 9.17) is 10.3 Å². The normalized spacial score (nSPS) is 10.9. The van der Waals surface area contributed by atoms with Crippen molar-refractivity contribution >= 4 is 16.6 Å². The lowest BCUT2D eigenvalue weighted by Gasteiger charge is -1.93. The summed E-state index contributed by atoms with van der Waals surface area (Å²) in [6.45, 7) is 0. The molecule has 0 unspecified atom stereocenters. The number of fused-ring (bicyclic) bond motifs is 1. The average molecular weight is 200 g/mol. The molecule has 3 aromatic rings. The van der Waals surface area contributed by atoms with Gasteiger partial charge in [0.05, 0.1) is 17.3 Å². The predicted octanol–water partition coefficient (Wildman–Crippen LogP) is 1.80. The Labute approximate surface area is 84.9 Å². The molecule has 2 heterocycles. The monoisotopic (exact) mass is 200 g/mol. The van der Waals surface area contributed by atoms with E-state index in [9.17, 15) is 0 Å². The SMILES string of the molecule is Nc1ccc2[nH]nc(-c3cnoc3)c2c1. The molecular weight excluding hydrogens is 192 g/mol. The van der Waals surface area contributed by atoms with Gasteiger partial charge in [-0.05, 0) is 18.2 Å². The molecule has 2 aromatic heterocycles. The fourth-order valence-corrected chi connectivity index (χ4v) is 1.57. The largest absolute Gasteiger partial charge is 0.399 e. The fourth-order valence-electron chi connectivity index (χ4n) is 1.57. The van der Waals surface area contributed by atoms with E-state index in [1.54, 1.807) is 12.5 Å². The summed E-state index contributed by atoms with van der Waals surface area (Å²) in [5.74, 6) is 0. The van der Waals surface area contributed by atoms with Gasteiger partial charge in [0.1, 0.15) is 12.0 Å². The van der Waals surface area contributed by atoms with E-state index < -0.39 is 0 Å². The zero-order valence-corrected chi connectivity index (χ0v) is 7.77. The first kappa shape index (κ1) is 8.05. The number of aromatic nitrogens is 3. The summed E-state index contributed by atoms with van der Waals surface area (Å²) < 4.78 is 4.78. The van der Waals surface area contributed by atoms with Crippen LogP contribution in [0.25, 0.3) is 22.2 Å². The summed E-state index contributed by atoms with van der Waals surface area (Å²) >= 11 is 0. The Balaban J connectivity index is 2.32. The Morgan fingerprint density at radius 2 is 2.27 bits per heavy atom. The molecule has 1 aromatic carbocycles. The predicted molar refractivity (Wildman–Crippen MR) is 56.0 cm³/mol. The maximum atomic E-state index is 5.72. The maximum absolute atomic E-state index is 5.72. The number of nitrogens with two attached hydrogens (primary N) is 1. The molecule has 0 bridgehead atoms. The van der Waals surface area contributed by atoms with Crippen LogP contribution >= 0.6 is 0 Å². The summed E-state index contributed by atoms with van der Waals surface area (Å²) in [6, 6.07) is 5.60. The van der Waals surface area contributed by atoms with E-state index in [2.05, 4.69) is 15.4 Å². The molecule has 0 saturated heterocycles. The number of hydrogen-bond acceptors (Lipinski definition) is 4. The molecule has 0 spiro atoms. The number of nitrogens with one attached hydrogen (secondary N) is 1. The first-order valence-electron chi connectivity index (χ1n) is 4.48. The zero-order chi connectivity index (χ0) is 10.3.